The van der Waals surface area contributed by atoms with Crippen LogP contribution in [0.2, 0.25) is 5.02 Å². The fourth-order valence-electron chi connectivity index (χ4n) is 0.961. The summed E-state index contributed by atoms with van der Waals surface area (Å²) >= 11 is 5.70. The molecule has 0 aliphatic heterocycles. The van der Waals surface area contributed by atoms with Crippen LogP contribution in [0.1, 0.15) is 11.6 Å². The predicted molar refractivity (Wildman–Crippen MR) is 56.1 cm³/mol. The normalized spacial score (nSPS) is 11.2. The average molecular weight is 217 g/mol. The Labute approximate surface area is 88.9 Å². The second-order valence-electron chi connectivity index (χ2n) is 2.40. The van der Waals surface area contributed by atoms with E-state index in [0.29, 0.717) is 5.02 Å². The van der Waals surface area contributed by atoms with Crippen molar-refractivity contribution in [3.63, 3.8) is 0 Å². The van der Waals surface area contributed by atoms with Crippen LogP contribution in [-0.4, -0.2) is 7.05 Å². The van der Waals surface area contributed by atoms with Gasteiger partial charge in [0.1, 0.15) is 6.04 Å². The molecule has 0 spiro atoms. The second-order valence-corrected chi connectivity index (χ2v) is 2.84. The molecule has 0 saturated carbocycles. The van der Waals surface area contributed by atoms with Crippen LogP contribution in [0.4, 0.5) is 0 Å². The average Bonchev–Trinajstić information content (AvgIpc) is 2.10. The summed E-state index contributed by atoms with van der Waals surface area (Å²) in [6.07, 6.45) is 0. The molecule has 0 aliphatic rings. The number of benzene rings is 1. The highest BCUT2D eigenvalue weighted by atomic mass is 35.5. The summed E-state index contributed by atoms with van der Waals surface area (Å²) < 4.78 is 0. The Morgan fingerprint density at radius 1 is 1.38 bits per heavy atom. The zero-order valence-electron chi connectivity index (χ0n) is 7.12. The number of halogens is 2. The van der Waals surface area contributed by atoms with Gasteiger partial charge in [-0.25, -0.2) is 0 Å². The van der Waals surface area contributed by atoms with Gasteiger partial charge in [0.25, 0.3) is 0 Å². The molecule has 0 radical (unpaired) electrons. The number of nitriles is 1. The van der Waals surface area contributed by atoms with Crippen molar-refractivity contribution in [1.82, 2.24) is 5.32 Å². The molecular weight excluding hydrogens is 207 g/mol. The van der Waals surface area contributed by atoms with Gasteiger partial charge in [0, 0.05) is 5.02 Å². The quantitative estimate of drug-likeness (QED) is 0.826. The Hall–Kier alpha value is -0.750. The SMILES string of the molecule is CNC(C#N)c1ccc(Cl)cc1.Cl. The highest BCUT2D eigenvalue weighted by Crippen LogP contribution is 2.15. The standard InChI is InChI=1S/C9H9ClN2.ClH/c1-12-9(6-11)7-2-4-8(10)5-3-7;/h2-5,9,12H,1H3;1H. The zero-order chi connectivity index (χ0) is 8.97. The summed E-state index contributed by atoms with van der Waals surface area (Å²) in [6, 6.07) is 9.12. The van der Waals surface area contributed by atoms with E-state index in [4.69, 9.17) is 16.9 Å². The topological polar surface area (TPSA) is 35.8 Å². The van der Waals surface area contributed by atoms with Crippen molar-refractivity contribution < 1.29 is 0 Å². The minimum absolute atomic E-state index is 0. The Bertz CT molecular complexity index is 289. The van der Waals surface area contributed by atoms with Crippen LogP contribution in [0.3, 0.4) is 0 Å². The summed E-state index contributed by atoms with van der Waals surface area (Å²) in [5.74, 6) is 0. The molecule has 1 N–H and O–H groups in total. The third kappa shape index (κ3) is 3.23. The second kappa shape index (κ2) is 5.82. The molecule has 13 heavy (non-hydrogen) atoms. The molecule has 0 amide bonds. The third-order valence-electron chi connectivity index (χ3n) is 1.62. The first kappa shape index (κ1) is 12.2. The predicted octanol–water partition coefficient (Wildman–Crippen LogP) is 2.55. The molecule has 0 heterocycles. The lowest BCUT2D eigenvalue weighted by Crippen LogP contribution is -2.13. The number of hydrogen-bond acceptors (Lipinski definition) is 2. The third-order valence-corrected chi connectivity index (χ3v) is 1.87. The first-order valence-corrected chi connectivity index (χ1v) is 3.98. The molecule has 4 heteroatoms. The lowest BCUT2D eigenvalue weighted by Gasteiger charge is -2.06. The molecule has 1 atom stereocenters. The monoisotopic (exact) mass is 216 g/mol. The molecule has 70 valence electrons. The molecule has 2 nitrogen and oxygen atoms in total. The summed E-state index contributed by atoms with van der Waals surface area (Å²) in [4.78, 5) is 0. The maximum Gasteiger partial charge on any atom is 0.121 e. The van der Waals surface area contributed by atoms with Gasteiger partial charge in [-0.1, -0.05) is 23.7 Å². The zero-order valence-corrected chi connectivity index (χ0v) is 8.69. The molecule has 1 aromatic carbocycles. The van der Waals surface area contributed by atoms with Gasteiger partial charge in [0.15, 0.2) is 0 Å². The van der Waals surface area contributed by atoms with Crippen molar-refractivity contribution >= 4 is 24.0 Å². The molecule has 1 rings (SSSR count). The number of nitrogens with one attached hydrogen (secondary N) is 1. The van der Waals surface area contributed by atoms with Crippen LogP contribution >= 0.6 is 24.0 Å². The van der Waals surface area contributed by atoms with E-state index in [2.05, 4.69) is 11.4 Å². The molecule has 0 aromatic heterocycles. The largest absolute Gasteiger partial charge is 0.301 e. The van der Waals surface area contributed by atoms with Gasteiger partial charge in [-0.3, -0.25) is 0 Å². The van der Waals surface area contributed by atoms with Gasteiger partial charge in [-0.2, -0.15) is 5.26 Å². The summed E-state index contributed by atoms with van der Waals surface area (Å²) in [6.45, 7) is 0. The lowest BCUT2D eigenvalue weighted by atomic mass is 10.1. The Morgan fingerprint density at radius 3 is 2.31 bits per heavy atom. The maximum atomic E-state index is 8.70. The minimum atomic E-state index is -0.248. The van der Waals surface area contributed by atoms with E-state index < -0.39 is 0 Å². The van der Waals surface area contributed by atoms with Crippen molar-refractivity contribution in [2.24, 2.45) is 0 Å². The van der Waals surface area contributed by atoms with Crippen molar-refractivity contribution in [1.29, 1.82) is 5.26 Å². The van der Waals surface area contributed by atoms with E-state index in [-0.39, 0.29) is 18.4 Å². The summed E-state index contributed by atoms with van der Waals surface area (Å²) in [5.41, 5.74) is 0.935. The van der Waals surface area contributed by atoms with Crippen molar-refractivity contribution in [2.75, 3.05) is 7.05 Å². The van der Waals surface area contributed by atoms with Crippen molar-refractivity contribution in [3.8, 4) is 6.07 Å². The van der Waals surface area contributed by atoms with E-state index in [1.54, 1.807) is 19.2 Å². The summed E-state index contributed by atoms with van der Waals surface area (Å²) in [5, 5.41) is 12.3. The van der Waals surface area contributed by atoms with Gasteiger partial charge in [-0.15, -0.1) is 12.4 Å². The molecule has 1 unspecified atom stereocenters. The van der Waals surface area contributed by atoms with Crippen LogP contribution in [0.5, 0.6) is 0 Å². The van der Waals surface area contributed by atoms with Gasteiger partial charge < -0.3 is 5.32 Å². The van der Waals surface area contributed by atoms with Crippen molar-refractivity contribution in [3.05, 3.63) is 34.9 Å². The first-order valence-electron chi connectivity index (χ1n) is 3.60. The van der Waals surface area contributed by atoms with Crippen LogP contribution in [0, 0.1) is 11.3 Å². The molecule has 0 bridgehead atoms. The van der Waals surface area contributed by atoms with Gasteiger partial charge >= 0.3 is 0 Å². The van der Waals surface area contributed by atoms with E-state index in [9.17, 15) is 0 Å². The highest BCUT2D eigenvalue weighted by Gasteiger charge is 2.05. The number of rotatable bonds is 2. The number of nitrogens with zero attached hydrogens (tertiary/aromatic N) is 1. The van der Waals surface area contributed by atoms with Gasteiger partial charge in [0.05, 0.1) is 6.07 Å². The van der Waals surface area contributed by atoms with Crippen LogP contribution in [0.15, 0.2) is 24.3 Å². The fraction of sp³-hybridized carbons (Fsp3) is 0.222. The molecule has 0 aliphatic carbocycles. The fourth-order valence-corrected chi connectivity index (χ4v) is 1.09. The van der Waals surface area contributed by atoms with E-state index >= 15 is 0 Å². The van der Waals surface area contributed by atoms with Crippen molar-refractivity contribution in [2.45, 2.75) is 6.04 Å². The van der Waals surface area contributed by atoms with E-state index in [1.807, 2.05) is 12.1 Å². The maximum absolute atomic E-state index is 8.70. The lowest BCUT2D eigenvalue weighted by molar-refractivity contribution is 0.727. The Kier molecular flexibility index (Phi) is 5.48. The van der Waals surface area contributed by atoms with Crippen LogP contribution in [0.25, 0.3) is 0 Å². The van der Waals surface area contributed by atoms with Crippen LogP contribution < -0.4 is 5.32 Å². The number of hydrogen-bond donors (Lipinski definition) is 1. The van der Waals surface area contributed by atoms with Gasteiger partial charge in [0.2, 0.25) is 0 Å². The molecule has 1 aromatic rings. The highest BCUT2D eigenvalue weighted by molar-refractivity contribution is 6.30. The first-order chi connectivity index (χ1) is 5.77. The van der Waals surface area contributed by atoms with E-state index in [1.165, 1.54) is 0 Å². The molecule has 0 fully saturated rings. The smallest absolute Gasteiger partial charge is 0.121 e. The van der Waals surface area contributed by atoms with Gasteiger partial charge in [-0.05, 0) is 24.7 Å². The van der Waals surface area contributed by atoms with Crippen LogP contribution in [-0.2, 0) is 0 Å². The Balaban J connectivity index is 0.00000144. The molecular formula is C9H10Cl2N2. The molecule has 0 saturated heterocycles. The minimum Gasteiger partial charge on any atom is -0.301 e. The van der Waals surface area contributed by atoms with E-state index in [0.717, 1.165) is 5.56 Å². The summed E-state index contributed by atoms with van der Waals surface area (Å²) in [7, 11) is 1.75. The Morgan fingerprint density at radius 2 is 1.92 bits per heavy atom.